The number of benzene rings is 1. The van der Waals surface area contributed by atoms with Gasteiger partial charge < -0.3 is 14.0 Å². The third kappa shape index (κ3) is 3.31. The highest BCUT2D eigenvalue weighted by atomic mass is 16.5. The lowest BCUT2D eigenvalue weighted by Crippen LogP contribution is -1.95. The predicted molar refractivity (Wildman–Crippen MR) is 84.6 cm³/mol. The molecule has 3 aromatic rings. The number of aryl methyl sites for hydroxylation is 1. The van der Waals surface area contributed by atoms with Crippen molar-refractivity contribution in [2.45, 2.75) is 13.3 Å². The van der Waals surface area contributed by atoms with Gasteiger partial charge in [0.25, 0.3) is 5.89 Å². The van der Waals surface area contributed by atoms with Crippen LogP contribution in [-0.2, 0) is 6.42 Å². The summed E-state index contributed by atoms with van der Waals surface area (Å²) >= 11 is 0. The molecule has 0 spiro atoms. The Labute approximate surface area is 134 Å². The lowest BCUT2D eigenvalue weighted by Gasteiger charge is -2.08. The van der Waals surface area contributed by atoms with Gasteiger partial charge in [-0.05, 0) is 36.8 Å². The minimum Gasteiger partial charge on any atom is -0.493 e. The third-order valence-electron chi connectivity index (χ3n) is 3.44. The van der Waals surface area contributed by atoms with E-state index in [9.17, 15) is 0 Å². The molecular formula is C17H17N3O3. The fraction of sp³-hybridized carbons (Fsp3) is 0.235. The Morgan fingerprint density at radius 2 is 1.87 bits per heavy atom. The van der Waals surface area contributed by atoms with E-state index in [2.05, 4.69) is 15.1 Å². The zero-order valence-corrected chi connectivity index (χ0v) is 13.2. The van der Waals surface area contributed by atoms with Gasteiger partial charge in [-0.3, -0.25) is 4.98 Å². The SMILES string of the molecule is COc1ccc(Cc2noc(-c3ccc(C)nc3)n2)cc1OC. The summed E-state index contributed by atoms with van der Waals surface area (Å²) < 4.78 is 15.8. The summed E-state index contributed by atoms with van der Waals surface area (Å²) in [6.07, 6.45) is 2.27. The third-order valence-corrected chi connectivity index (χ3v) is 3.44. The molecule has 0 aliphatic carbocycles. The molecule has 0 N–H and O–H groups in total. The molecule has 0 saturated carbocycles. The van der Waals surface area contributed by atoms with Gasteiger partial charge in [-0.2, -0.15) is 4.98 Å². The van der Waals surface area contributed by atoms with E-state index in [0.29, 0.717) is 29.6 Å². The van der Waals surface area contributed by atoms with Crippen molar-refractivity contribution in [3.63, 3.8) is 0 Å². The molecule has 0 aliphatic heterocycles. The first kappa shape index (κ1) is 15.0. The minimum atomic E-state index is 0.466. The van der Waals surface area contributed by atoms with Gasteiger partial charge in [-0.15, -0.1) is 0 Å². The highest BCUT2D eigenvalue weighted by molar-refractivity contribution is 5.51. The van der Waals surface area contributed by atoms with Crippen LogP contribution in [-0.4, -0.2) is 29.3 Å². The van der Waals surface area contributed by atoms with Crippen LogP contribution in [0.2, 0.25) is 0 Å². The number of aromatic nitrogens is 3. The van der Waals surface area contributed by atoms with Crippen molar-refractivity contribution < 1.29 is 14.0 Å². The molecule has 0 radical (unpaired) electrons. The minimum absolute atomic E-state index is 0.466. The summed E-state index contributed by atoms with van der Waals surface area (Å²) in [5.74, 6) is 2.44. The molecule has 0 saturated heterocycles. The molecule has 0 fully saturated rings. The first-order valence-electron chi connectivity index (χ1n) is 7.16. The molecule has 1 aromatic carbocycles. The van der Waals surface area contributed by atoms with E-state index in [1.165, 1.54) is 0 Å². The largest absolute Gasteiger partial charge is 0.493 e. The fourth-order valence-corrected chi connectivity index (χ4v) is 2.21. The molecule has 6 heteroatoms. The van der Waals surface area contributed by atoms with Crippen LogP contribution < -0.4 is 9.47 Å². The summed E-state index contributed by atoms with van der Waals surface area (Å²) in [5, 5.41) is 4.02. The normalized spacial score (nSPS) is 10.6. The Morgan fingerprint density at radius 1 is 1.04 bits per heavy atom. The van der Waals surface area contributed by atoms with Gasteiger partial charge in [0.2, 0.25) is 0 Å². The van der Waals surface area contributed by atoms with E-state index in [4.69, 9.17) is 14.0 Å². The zero-order chi connectivity index (χ0) is 16.2. The summed E-state index contributed by atoms with van der Waals surface area (Å²) in [7, 11) is 3.22. The van der Waals surface area contributed by atoms with Crippen LogP contribution in [0.25, 0.3) is 11.5 Å². The number of pyridine rings is 1. The molecule has 6 nitrogen and oxygen atoms in total. The van der Waals surface area contributed by atoms with Crippen molar-refractivity contribution >= 4 is 0 Å². The van der Waals surface area contributed by atoms with Crippen LogP contribution in [0.15, 0.2) is 41.1 Å². The summed E-state index contributed by atoms with van der Waals surface area (Å²) in [4.78, 5) is 8.65. The molecule has 0 amide bonds. The van der Waals surface area contributed by atoms with Crippen LogP contribution >= 0.6 is 0 Å². The Bertz CT molecular complexity index is 797. The second kappa shape index (κ2) is 6.48. The summed E-state index contributed by atoms with van der Waals surface area (Å²) in [5.41, 5.74) is 2.76. The van der Waals surface area contributed by atoms with Crippen molar-refractivity contribution in [3.8, 4) is 23.0 Å². The number of nitrogens with zero attached hydrogens (tertiary/aromatic N) is 3. The van der Waals surface area contributed by atoms with Crippen LogP contribution in [0.3, 0.4) is 0 Å². The van der Waals surface area contributed by atoms with Crippen molar-refractivity contribution in [3.05, 3.63) is 53.6 Å². The number of methoxy groups -OCH3 is 2. The van der Waals surface area contributed by atoms with Gasteiger partial charge in [-0.1, -0.05) is 11.2 Å². The molecule has 0 unspecified atom stereocenters. The number of rotatable bonds is 5. The maximum absolute atomic E-state index is 5.31. The van der Waals surface area contributed by atoms with Crippen molar-refractivity contribution in [2.24, 2.45) is 0 Å². The highest BCUT2D eigenvalue weighted by Crippen LogP contribution is 2.28. The quantitative estimate of drug-likeness (QED) is 0.721. The highest BCUT2D eigenvalue weighted by Gasteiger charge is 2.11. The van der Waals surface area contributed by atoms with E-state index in [0.717, 1.165) is 16.8 Å². The smallest absolute Gasteiger partial charge is 0.259 e. The molecule has 0 aliphatic rings. The molecule has 23 heavy (non-hydrogen) atoms. The first-order valence-corrected chi connectivity index (χ1v) is 7.16. The number of ether oxygens (including phenoxy) is 2. The van der Waals surface area contributed by atoms with Gasteiger partial charge in [0.15, 0.2) is 17.3 Å². The number of hydrogen-bond donors (Lipinski definition) is 0. The average Bonchev–Trinajstić information content (AvgIpc) is 3.04. The maximum Gasteiger partial charge on any atom is 0.259 e. The van der Waals surface area contributed by atoms with Crippen LogP contribution in [0.4, 0.5) is 0 Å². The lowest BCUT2D eigenvalue weighted by atomic mass is 10.1. The molecule has 0 bridgehead atoms. The molecule has 2 heterocycles. The van der Waals surface area contributed by atoms with Gasteiger partial charge in [0.1, 0.15) is 0 Å². The molecule has 2 aromatic heterocycles. The van der Waals surface area contributed by atoms with E-state index in [-0.39, 0.29) is 0 Å². The topological polar surface area (TPSA) is 70.3 Å². The molecule has 0 atom stereocenters. The van der Waals surface area contributed by atoms with Crippen LogP contribution in [0, 0.1) is 6.92 Å². The Hall–Kier alpha value is -2.89. The Kier molecular flexibility index (Phi) is 4.23. The Morgan fingerprint density at radius 3 is 2.57 bits per heavy atom. The summed E-state index contributed by atoms with van der Waals surface area (Å²) in [6, 6.07) is 9.54. The van der Waals surface area contributed by atoms with E-state index >= 15 is 0 Å². The van der Waals surface area contributed by atoms with Gasteiger partial charge in [0.05, 0.1) is 19.8 Å². The average molecular weight is 311 g/mol. The van der Waals surface area contributed by atoms with Gasteiger partial charge in [-0.25, -0.2) is 0 Å². The van der Waals surface area contributed by atoms with Crippen molar-refractivity contribution in [1.29, 1.82) is 0 Å². The van der Waals surface area contributed by atoms with Crippen LogP contribution in [0.5, 0.6) is 11.5 Å². The first-order chi connectivity index (χ1) is 11.2. The molecule has 3 rings (SSSR count). The van der Waals surface area contributed by atoms with Crippen LogP contribution in [0.1, 0.15) is 17.1 Å². The van der Waals surface area contributed by atoms with E-state index < -0.39 is 0 Å². The Balaban J connectivity index is 1.80. The zero-order valence-electron chi connectivity index (χ0n) is 13.2. The maximum atomic E-state index is 5.31. The monoisotopic (exact) mass is 311 g/mol. The standard InChI is InChI=1S/C17H17N3O3/c1-11-4-6-13(10-18-11)17-19-16(20-23-17)9-12-5-7-14(21-2)15(8-12)22-3/h4-8,10H,9H2,1-3H3. The van der Waals surface area contributed by atoms with Gasteiger partial charge >= 0.3 is 0 Å². The van der Waals surface area contributed by atoms with Crippen molar-refractivity contribution in [1.82, 2.24) is 15.1 Å². The second-order valence-electron chi connectivity index (χ2n) is 5.07. The van der Waals surface area contributed by atoms with Gasteiger partial charge in [0, 0.05) is 18.3 Å². The molecule has 118 valence electrons. The summed E-state index contributed by atoms with van der Waals surface area (Å²) in [6.45, 7) is 1.93. The second-order valence-corrected chi connectivity index (χ2v) is 5.07. The fourth-order valence-electron chi connectivity index (χ4n) is 2.21. The van der Waals surface area contributed by atoms with E-state index in [1.807, 2.05) is 37.3 Å². The predicted octanol–water partition coefficient (Wildman–Crippen LogP) is 3.05. The molecular weight excluding hydrogens is 294 g/mol. The van der Waals surface area contributed by atoms with Crippen molar-refractivity contribution in [2.75, 3.05) is 14.2 Å². The number of hydrogen-bond acceptors (Lipinski definition) is 6. The lowest BCUT2D eigenvalue weighted by molar-refractivity contribution is 0.354. The van der Waals surface area contributed by atoms with E-state index in [1.54, 1.807) is 20.4 Å².